The van der Waals surface area contributed by atoms with Crippen molar-refractivity contribution in [1.29, 1.82) is 0 Å². The molecule has 0 aliphatic rings. The quantitative estimate of drug-likeness (QED) is 0.502. The molecule has 3 rings (SSSR count). The van der Waals surface area contributed by atoms with Crippen molar-refractivity contribution in [2.45, 2.75) is 6.92 Å². The van der Waals surface area contributed by atoms with Crippen molar-refractivity contribution in [2.24, 2.45) is 0 Å². The van der Waals surface area contributed by atoms with Gasteiger partial charge in [-0.2, -0.15) is 0 Å². The fraction of sp³-hybridized carbons (Fsp3) is 0.235. The molecule has 1 heterocycles. The maximum absolute atomic E-state index is 13.5. The van der Waals surface area contributed by atoms with Crippen LogP contribution in [0.3, 0.4) is 0 Å². The van der Waals surface area contributed by atoms with Crippen LogP contribution >= 0.6 is 27.5 Å². The Balaban J connectivity index is 2.10. The van der Waals surface area contributed by atoms with Gasteiger partial charge in [0, 0.05) is 17.0 Å². The van der Waals surface area contributed by atoms with Gasteiger partial charge in [0.15, 0.2) is 5.58 Å². The van der Waals surface area contributed by atoms with Crippen molar-refractivity contribution in [3.8, 4) is 22.8 Å². The fourth-order valence-corrected chi connectivity index (χ4v) is 2.79. The fourth-order valence-electron chi connectivity index (χ4n) is 2.38. The minimum atomic E-state index is -0.376. The van der Waals surface area contributed by atoms with E-state index in [0.717, 1.165) is 0 Å². The van der Waals surface area contributed by atoms with Crippen LogP contribution < -0.4 is 9.47 Å². The zero-order valence-electron chi connectivity index (χ0n) is 12.8. The summed E-state index contributed by atoms with van der Waals surface area (Å²) < 4.78 is 30.0. The van der Waals surface area contributed by atoms with Gasteiger partial charge in [0.25, 0.3) is 0 Å². The molecule has 1 aromatic heterocycles. The van der Waals surface area contributed by atoms with Crippen LogP contribution in [0.25, 0.3) is 22.2 Å². The summed E-state index contributed by atoms with van der Waals surface area (Å²) in [4.78, 5) is 0. The molecule has 0 fully saturated rings. The summed E-state index contributed by atoms with van der Waals surface area (Å²) in [5.41, 5.74) is 1.61. The van der Waals surface area contributed by atoms with E-state index >= 15 is 0 Å². The Morgan fingerprint density at radius 1 is 1.21 bits per heavy atom. The molecule has 0 unspecified atom stereocenters. The van der Waals surface area contributed by atoms with Gasteiger partial charge in [0.05, 0.1) is 18.6 Å². The molecule has 24 heavy (non-hydrogen) atoms. The number of nitrogens with zero attached hydrogens (tertiary/aromatic N) is 1. The molecular weight excluding hydrogens is 401 g/mol. The number of rotatable bonds is 6. The molecule has 0 bridgehead atoms. The minimum Gasteiger partial charge on any atom is -0.493 e. The highest BCUT2D eigenvalue weighted by atomic mass is 79.9. The first kappa shape index (κ1) is 17.0. The second-order valence-corrected chi connectivity index (χ2v) is 6.07. The summed E-state index contributed by atoms with van der Waals surface area (Å²) in [7, 11) is 0. The number of hydrogen-bond acceptors (Lipinski definition) is 4. The standard InChI is InChI=1S/C17H14BrClFNO3/c1-2-22-14-9-10(20)3-4-11(14)16-12-5-6-13(23-8-7-18)15(19)17(12)24-21-16/h3-6,9H,2,7-8H2,1H3. The lowest BCUT2D eigenvalue weighted by molar-refractivity contribution is 0.339. The summed E-state index contributed by atoms with van der Waals surface area (Å²) in [6.45, 7) is 2.73. The van der Waals surface area contributed by atoms with E-state index in [4.69, 9.17) is 25.6 Å². The summed E-state index contributed by atoms with van der Waals surface area (Å²) in [5.74, 6) is 0.553. The van der Waals surface area contributed by atoms with E-state index in [1.165, 1.54) is 12.1 Å². The average Bonchev–Trinajstić information content (AvgIpc) is 2.99. The minimum absolute atomic E-state index is 0.354. The van der Waals surface area contributed by atoms with Crippen LogP contribution in [-0.2, 0) is 0 Å². The highest BCUT2D eigenvalue weighted by Crippen LogP contribution is 2.40. The van der Waals surface area contributed by atoms with E-state index in [1.807, 2.05) is 13.0 Å². The van der Waals surface area contributed by atoms with Gasteiger partial charge in [-0.3, -0.25) is 0 Å². The van der Waals surface area contributed by atoms with E-state index < -0.39 is 0 Å². The molecule has 0 atom stereocenters. The zero-order valence-corrected chi connectivity index (χ0v) is 15.2. The number of ether oxygens (including phenoxy) is 2. The molecule has 0 aliphatic heterocycles. The first-order chi connectivity index (χ1) is 11.7. The molecule has 0 amide bonds. The topological polar surface area (TPSA) is 44.5 Å². The summed E-state index contributed by atoms with van der Waals surface area (Å²) in [5, 5.41) is 5.85. The normalized spacial score (nSPS) is 11.0. The van der Waals surface area contributed by atoms with E-state index in [9.17, 15) is 4.39 Å². The van der Waals surface area contributed by atoms with Crippen LogP contribution in [0.5, 0.6) is 11.5 Å². The predicted octanol–water partition coefficient (Wildman–Crippen LogP) is 5.46. The maximum atomic E-state index is 13.5. The summed E-state index contributed by atoms with van der Waals surface area (Å²) >= 11 is 9.63. The largest absolute Gasteiger partial charge is 0.493 e. The van der Waals surface area contributed by atoms with Gasteiger partial charge < -0.3 is 14.0 Å². The lowest BCUT2D eigenvalue weighted by atomic mass is 10.1. The Hall–Kier alpha value is -1.79. The first-order valence-electron chi connectivity index (χ1n) is 7.35. The second kappa shape index (κ2) is 7.40. The Morgan fingerprint density at radius 2 is 2.04 bits per heavy atom. The molecular formula is C17H14BrClFNO3. The van der Waals surface area contributed by atoms with Crippen molar-refractivity contribution in [3.05, 3.63) is 41.2 Å². The van der Waals surface area contributed by atoms with Crippen molar-refractivity contribution >= 4 is 38.5 Å². The Bertz CT molecular complexity index is 868. The number of aromatic nitrogens is 1. The van der Waals surface area contributed by atoms with Crippen LogP contribution in [-0.4, -0.2) is 23.7 Å². The van der Waals surface area contributed by atoms with Gasteiger partial charge >= 0.3 is 0 Å². The molecule has 2 aromatic carbocycles. The molecule has 0 radical (unpaired) electrons. The summed E-state index contributed by atoms with van der Waals surface area (Å²) in [6, 6.07) is 7.87. The van der Waals surface area contributed by atoms with E-state index in [0.29, 0.717) is 57.3 Å². The molecule has 0 saturated carbocycles. The number of hydrogen-bond donors (Lipinski definition) is 0. The predicted molar refractivity (Wildman–Crippen MR) is 94.9 cm³/mol. The average molecular weight is 415 g/mol. The lowest BCUT2D eigenvalue weighted by Crippen LogP contribution is -1.98. The molecule has 0 spiro atoms. The Morgan fingerprint density at radius 3 is 2.79 bits per heavy atom. The third-order valence-corrected chi connectivity index (χ3v) is 4.06. The molecule has 4 nitrogen and oxygen atoms in total. The number of alkyl halides is 1. The smallest absolute Gasteiger partial charge is 0.189 e. The van der Waals surface area contributed by atoms with E-state index in [-0.39, 0.29) is 5.82 Å². The third-order valence-electron chi connectivity index (χ3n) is 3.38. The number of halogens is 3. The Labute approximate surface area is 151 Å². The van der Waals surface area contributed by atoms with Crippen LogP contribution in [0.15, 0.2) is 34.9 Å². The third kappa shape index (κ3) is 3.21. The van der Waals surface area contributed by atoms with E-state index in [2.05, 4.69) is 21.1 Å². The van der Waals surface area contributed by atoms with Crippen LogP contribution in [0.1, 0.15) is 6.92 Å². The maximum Gasteiger partial charge on any atom is 0.189 e. The van der Waals surface area contributed by atoms with Gasteiger partial charge in [-0.1, -0.05) is 32.7 Å². The molecule has 0 N–H and O–H groups in total. The molecule has 3 aromatic rings. The molecule has 0 saturated heterocycles. The van der Waals surface area contributed by atoms with Gasteiger partial charge in [-0.05, 0) is 31.2 Å². The monoisotopic (exact) mass is 413 g/mol. The molecule has 126 valence electrons. The second-order valence-electron chi connectivity index (χ2n) is 4.90. The van der Waals surface area contributed by atoms with Crippen molar-refractivity contribution in [1.82, 2.24) is 5.16 Å². The SMILES string of the molecule is CCOc1cc(F)ccc1-c1noc2c(Cl)c(OCCBr)ccc12. The van der Waals surface area contributed by atoms with Crippen LogP contribution in [0.2, 0.25) is 5.02 Å². The van der Waals surface area contributed by atoms with E-state index in [1.54, 1.807) is 12.1 Å². The zero-order chi connectivity index (χ0) is 17.1. The lowest BCUT2D eigenvalue weighted by Gasteiger charge is -2.09. The first-order valence-corrected chi connectivity index (χ1v) is 8.85. The van der Waals surface area contributed by atoms with Gasteiger partial charge in [0.1, 0.15) is 28.0 Å². The molecule has 0 aliphatic carbocycles. The van der Waals surface area contributed by atoms with Crippen molar-refractivity contribution in [2.75, 3.05) is 18.5 Å². The Kier molecular flexibility index (Phi) is 5.26. The molecule has 7 heteroatoms. The van der Waals surface area contributed by atoms with Crippen LogP contribution in [0.4, 0.5) is 4.39 Å². The highest BCUT2D eigenvalue weighted by molar-refractivity contribution is 9.09. The van der Waals surface area contributed by atoms with Crippen molar-refractivity contribution < 1.29 is 18.4 Å². The van der Waals surface area contributed by atoms with Gasteiger partial charge in [0.2, 0.25) is 0 Å². The van der Waals surface area contributed by atoms with Crippen LogP contribution in [0, 0.1) is 5.82 Å². The summed E-state index contributed by atoms with van der Waals surface area (Å²) in [6.07, 6.45) is 0. The van der Waals surface area contributed by atoms with Gasteiger partial charge in [-0.15, -0.1) is 0 Å². The van der Waals surface area contributed by atoms with Crippen molar-refractivity contribution in [3.63, 3.8) is 0 Å². The number of fused-ring (bicyclic) bond motifs is 1. The van der Waals surface area contributed by atoms with Gasteiger partial charge in [-0.25, -0.2) is 4.39 Å². The number of benzene rings is 2. The highest BCUT2D eigenvalue weighted by Gasteiger charge is 2.19.